The van der Waals surface area contributed by atoms with Crippen LogP contribution in [0.4, 0.5) is 11.4 Å². The van der Waals surface area contributed by atoms with Crippen molar-refractivity contribution in [1.82, 2.24) is 9.97 Å². The molecular formula is C10H10N4. The van der Waals surface area contributed by atoms with E-state index in [1.807, 2.05) is 6.07 Å². The van der Waals surface area contributed by atoms with Gasteiger partial charge in [-0.05, 0) is 12.1 Å². The molecule has 1 aromatic heterocycles. The Balaban J connectivity index is 2.63. The highest BCUT2D eigenvalue weighted by molar-refractivity contribution is 5.85. The Morgan fingerprint density at radius 2 is 1.50 bits per heavy atom. The van der Waals surface area contributed by atoms with Gasteiger partial charge < -0.3 is 11.5 Å². The van der Waals surface area contributed by atoms with Crippen LogP contribution in [0.3, 0.4) is 0 Å². The molecule has 0 saturated carbocycles. The molecule has 0 bridgehead atoms. The maximum absolute atomic E-state index is 5.82. The smallest absolute Gasteiger partial charge is 0.115 e. The molecule has 0 aliphatic rings. The average molecular weight is 186 g/mol. The Kier molecular flexibility index (Phi) is 2.02. The number of rotatable bonds is 1. The van der Waals surface area contributed by atoms with Gasteiger partial charge in [-0.15, -0.1) is 0 Å². The van der Waals surface area contributed by atoms with Gasteiger partial charge >= 0.3 is 0 Å². The zero-order valence-electron chi connectivity index (χ0n) is 7.51. The van der Waals surface area contributed by atoms with E-state index >= 15 is 0 Å². The molecule has 2 aromatic rings. The van der Waals surface area contributed by atoms with Crippen molar-refractivity contribution in [2.24, 2.45) is 0 Å². The monoisotopic (exact) mass is 186 g/mol. The molecule has 0 unspecified atom stereocenters. The lowest BCUT2D eigenvalue weighted by Gasteiger charge is -2.07. The van der Waals surface area contributed by atoms with Gasteiger partial charge in [-0.1, -0.05) is 6.07 Å². The van der Waals surface area contributed by atoms with Gasteiger partial charge in [0, 0.05) is 34.9 Å². The third kappa shape index (κ3) is 1.37. The summed E-state index contributed by atoms with van der Waals surface area (Å²) in [4.78, 5) is 7.84. The highest BCUT2D eigenvalue weighted by Crippen LogP contribution is 2.30. The van der Waals surface area contributed by atoms with E-state index in [1.165, 1.54) is 6.33 Å². The van der Waals surface area contributed by atoms with E-state index in [0.717, 1.165) is 11.1 Å². The summed E-state index contributed by atoms with van der Waals surface area (Å²) in [7, 11) is 0. The van der Waals surface area contributed by atoms with E-state index in [1.54, 1.807) is 24.5 Å². The summed E-state index contributed by atoms with van der Waals surface area (Å²) in [6, 6.07) is 5.43. The number of hydrogen-bond acceptors (Lipinski definition) is 4. The molecule has 14 heavy (non-hydrogen) atoms. The van der Waals surface area contributed by atoms with Gasteiger partial charge in [0.05, 0.1) is 0 Å². The zero-order valence-corrected chi connectivity index (χ0v) is 7.51. The first-order chi connectivity index (χ1) is 6.79. The topological polar surface area (TPSA) is 77.8 Å². The van der Waals surface area contributed by atoms with Crippen LogP contribution in [0.5, 0.6) is 0 Å². The van der Waals surface area contributed by atoms with E-state index in [4.69, 9.17) is 11.5 Å². The van der Waals surface area contributed by atoms with Crippen molar-refractivity contribution in [2.75, 3.05) is 11.5 Å². The Hall–Kier alpha value is -2.10. The molecule has 0 fully saturated rings. The molecule has 0 radical (unpaired) electrons. The molecule has 70 valence electrons. The number of aromatic nitrogens is 2. The van der Waals surface area contributed by atoms with Crippen LogP contribution in [0.25, 0.3) is 11.1 Å². The van der Waals surface area contributed by atoms with Crippen LogP contribution in [0.15, 0.2) is 36.9 Å². The average Bonchev–Trinajstić information content (AvgIpc) is 2.19. The summed E-state index contributed by atoms with van der Waals surface area (Å²) >= 11 is 0. The van der Waals surface area contributed by atoms with E-state index in [9.17, 15) is 0 Å². The molecule has 1 aromatic carbocycles. The summed E-state index contributed by atoms with van der Waals surface area (Å²) in [6.45, 7) is 0. The highest BCUT2D eigenvalue weighted by Gasteiger charge is 2.05. The quantitative estimate of drug-likeness (QED) is 0.658. The normalized spacial score (nSPS) is 10.0. The second kappa shape index (κ2) is 3.33. The van der Waals surface area contributed by atoms with E-state index in [-0.39, 0.29) is 0 Å². The molecule has 0 aliphatic carbocycles. The summed E-state index contributed by atoms with van der Waals surface area (Å²) < 4.78 is 0. The van der Waals surface area contributed by atoms with Crippen molar-refractivity contribution in [3.63, 3.8) is 0 Å². The maximum Gasteiger partial charge on any atom is 0.115 e. The van der Waals surface area contributed by atoms with Crippen molar-refractivity contribution in [2.45, 2.75) is 0 Å². The fourth-order valence-electron chi connectivity index (χ4n) is 1.35. The first-order valence-corrected chi connectivity index (χ1v) is 4.18. The first kappa shape index (κ1) is 8.50. The Bertz CT molecular complexity index is 419. The fraction of sp³-hybridized carbons (Fsp3) is 0. The van der Waals surface area contributed by atoms with Crippen LogP contribution in [0, 0.1) is 0 Å². The van der Waals surface area contributed by atoms with Crippen LogP contribution < -0.4 is 11.5 Å². The third-order valence-corrected chi connectivity index (χ3v) is 1.98. The lowest BCUT2D eigenvalue weighted by Crippen LogP contribution is -1.96. The fourth-order valence-corrected chi connectivity index (χ4v) is 1.35. The maximum atomic E-state index is 5.82. The second-order valence-electron chi connectivity index (χ2n) is 2.94. The number of nitrogens with zero attached hydrogens (tertiary/aromatic N) is 2. The minimum atomic E-state index is 0.639. The van der Waals surface area contributed by atoms with Crippen LogP contribution >= 0.6 is 0 Å². The van der Waals surface area contributed by atoms with Crippen LogP contribution in [-0.2, 0) is 0 Å². The Labute approximate surface area is 81.6 Å². The summed E-state index contributed by atoms with van der Waals surface area (Å²) in [5.74, 6) is 0. The number of anilines is 2. The van der Waals surface area contributed by atoms with Gasteiger partial charge in [-0.2, -0.15) is 0 Å². The summed E-state index contributed by atoms with van der Waals surface area (Å²) in [5, 5.41) is 0. The molecule has 4 nitrogen and oxygen atoms in total. The van der Waals surface area contributed by atoms with E-state index in [2.05, 4.69) is 9.97 Å². The molecule has 4 heteroatoms. The van der Waals surface area contributed by atoms with Crippen molar-refractivity contribution in [1.29, 1.82) is 0 Å². The van der Waals surface area contributed by atoms with E-state index < -0.39 is 0 Å². The van der Waals surface area contributed by atoms with E-state index in [0.29, 0.717) is 11.4 Å². The van der Waals surface area contributed by atoms with Gasteiger partial charge in [0.25, 0.3) is 0 Å². The molecule has 0 aliphatic heterocycles. The molecule has 1 heterocycles. The Morgan fingerprint density at radius 1 is 0.929 bits per heavy atom. The van der Waals surface area contributed by atoms with Crippen LogP contribution in [0.1, 0.15) is 0 Å². The third-order valence-electron chi connectivity index (χ3n) is 1.98. The second-order valence-corrected chi connectivity index (χ2v) is 2.94. The Morgan fingerprint density at radius 3 is 2.07 bits per heavy atom. The summed E-state index contributed by atoms with van der Waals surface area (Å²) in [6.07, 6.45) is 4.85. The standard InChI is InChI=1S/C10H10N4/c11-8-2-1-3-9(12)10(8)7-4-13-6-14-5-7/h1-6H,11-12H2. The van der Waals surface area contributed by atoms with Crippen molar-refractivity contribution in [3.05, 3.63) is 36.9 Å². The predicted molar refractivity (Wildman–Crippen MR) is 56.3 cm³/mol. The highest BCUT2D eigenvalue weighted by atomic mass is 14.8. The number of nitrogens with two attached hydrogens (primary N) is 2. The van der Waals surface area contributed by atoms with Gasteiger partial charge in [-0.3, -0.25) is 0 Å². The molecule has 4 N–H and O–H groups in total. The molecule has 0 atom stereocenters. The molecule has 2 rings (SSSR count). The molecule has 0 spiro atoms. The predicted octanol–water partition coefficient (Wildman–Crippen LogP) is 1.31. The number of benzene rings is 1. The molecular weight excluding hydrogens is 176 g/mol. The van der Waals surface area contributed by atoms with Gasteiger partial charge in [0.15, 0.2) is 0 Å². The van der Waals surface area contributed by atoms with Crippen molar-refractivity contribution in [3.8, 4) is 11.1 Å². The van der Waals surface area contributed by atoms with Crippen molar-refractivity contribution >= 4 is 11.4 Å². The van der Waals surface area contributed by atoms with Crippen LogP contribution in [0.2, 0.25) is 0 Å². The van der Waals surface area contributed by atoms with Gasteiger partial charge in [0.1, 0.15) is 6.33 Å². The SMILES string of the molecule is Nc1cccc(N)c1-c1cncnc1. The largest absolute Gasteiger partial charge is 0.398 e. The first-order valence-electron chi connectivity index (χ1n) is 4.18. The molecule has 0 saturated heterocycles. The lowest BCUT2D eigenvalue weighted by molar-refractivity contribution is 1.17. The molecule has 0 amide bonds. The van der Waals surface area contributed by atoms with Gasteiger partial charge in [-0.25, -0.2) is 9.97 Å². The van der Waals surface area contributed by atoms with Crippen molar-refractivity contribution < 1.29 is 0 Å². The zero-order chi connectivity index (χ0) is 9.97. The van der Waals surface area contributed by atoms with Gasteiger partial charge in [0.2, 0.25) is 0 Å². The number of hydrogen-bond donors (Lipinski definition) is 2. The lowest BCUT2D eigenvalue weighted by atomic mass is 10.1. The number of nitrogen functional groups attached to an aromatic ring is 2. The minimum Gasteiger partial charge on any atom is -0.398 e. The minimum absolute atomic E-state index is 0.639. The summed E-state index contributed by atoms with van der Waals surface area (Å²) in [5.41, 5.74) is 14.5. The van der Waals surface area contributed by atoms with Crippen LogP contribution in [-0.4, -0.2) is 9.97 Å².